The molecule has 10 nitrogen and oxygen atoms in total. The highest BCUT2D eigenvalue weighted by atomic mass is 28.4. The maximum atomic E-state index is 11.8. The van der Waals surface area contributed by atoms with E-state index in [-0.39, 0.29) is 18.3 Å². The van der Waals surface area contributed by atoms with Gasteiger partial charge in [0.2, 0.25) is 0 Å². The Morgan fingerprint density at radius 1 is 0.574 bits per heavy atom. The van der Waals surface area contributed by atoms with Crippen LogP contribution in [0.5, 0.6) is 0 Å². The molecule has 13 heteroatoms. The Balaban J connectivity index is 0.000000271. The summed E-state index contributed by atoms with van der Waals surface area (Å²) >= 11 is 0. The van der Waals surface area contributed by atoms with Gasteiger partial charge < -0.3 is 48.2 Å². The molecule has 2 aromatic rings. The van der Waals surface area contributed by atoms with Crippen molar-refractivity contribution >= 4 is 34.8 Å². The van der Waals surface area contributed by atoms with Crippen LogP contribution in [0.3, 0.4) is 0 Å². The fraction of sp³-hybridized carbons (Fsp3) is 0.667. The molecule has 0 amide bonds. The van der Waals surface area contributed by atoms with Crippen LogP contribution < -0.4 is 10.4 Å². The van der Waals surface area contributed by atoms with Gasteiger partial charge in [0.1, 0.15) is 40.6 Å². The van der Waals surface area contributed by atoms with E-state index in [1.54, 1.807) is 13.8 Å². The van der Waals surface area contributed by atoms with Crippen LogP contribution in [0.15, 0.2) is 60.7 Å². The zero-order valence-corrected chi connectivity index (χ0v) is 42.1. The summed E-state index contributed by atoms with van der Waals surface area (Å²) in [6.45, 7) is 26.9. The first-order chi connectivity index (χ1) is 28.6. The van der Waals surface area contributed by atoms with E-state index >= 15 is 0 Å². The van der Waals surface area contributed by atoms with E-state index in [9.17, 15) is 15.3 Å². The third-order valence-electron chi connectivity index (χ3n) is 13.7. The van der Waals surface area contributed by atoms with Crippen LogP contribution >= 0.6 is 0 Å². The van der Waals surface area contributed by atoms with Crippen LogP contribution in [0.25, 0.3) is 0 Å². The molecular formula is C48H74O10Si3. The zero-order chi connectivity index (χ0) is 45.1. The van der Waals surface area contributed by atoms with Gasteiger partial charge >= 0.3 is 0 Å². The first-order valence-electron chi connectivity index (χ1n) is 22.5. The molecule has 0 spiro atoms. The van der Waals surface area contributed by atoms with Crippen LogP contribution in [0.1, 0.15) is 90.0 Å². The second kappa shape index (κ2) is 19.1. The van der Waals surface area contributed by atoms with Gasteiger partial charge in [0.25, 0.3) is 8.32 Å². The molecule has 0 aliphatic carbocycles. The SMILES string of the molecule is CC[Si](C#C[C@]1(CO)O[C@H]2OC(C)(C)OC2[C@@H]1O)(CC)CC.CC[Si](C#C[C@]1(CO[Si](c2ccccc2)(c2ccccc2)C(C)(C)C)O[C@H]2OC(C)(C)OC2[C@@H]1O)(CC)CC. The zero-order valence-electron chi connectivity index (χ0n) is 39.1. The molecule has 3 N–H and O–H groups in total. The van der Waals surface area contributed by atoms with Gasteiger partial charge in [0.15, 0.2) is 35.4 Å². The van der Waals surface area contributed by atoms with E-state index in [4.69, 9.17) is 32.8 Å². The van der Waals surface area contributed by atoms with Crippen LogP contribution in [0.4, 0.5) is 0 Å². The Hall–Kier alpha value is -2.19. The van der Waals surface area contributed by atoms with Crippen molar-refractivity contribution < 1.29 is 48.2 Å². The van der Waals surface area contributed by atoms with Crippen molar-refractivity contribution in [2.45, 2.75) is 191 Å². The maximum Gasteiger partial charge on any atom is 0.261 e. The fourth-order valence-corrected chi connectivity index (χ4v) is 18.8. The summed E-state index contributed by atoms with van der Waals surface area (Å²) in [4.78, 5) is 0. The topological polar surface area (TPSA) is 125 Å². The lowest BCUT2D eigenvalue weighted by Crippen LogP contribution is -2.68. The number of hydrogen-bond donors (Lipinski definition) is 3. The lowest BCUT2D eigenvalue weighted by atomic mass is 9.97. The highest BCUT2D eigenvalue weighted by Crippen LogP contribution is 2.45. The highest BCUT2D eigenvalue weighted by molar-refractivity contribution is 6.99. The number of hydrogen-bond acceptors (Lipinski definition) is 10. The number of benzene rings is 2. The smallest absolute Gasteiger partial charge is 0.261 e. The minimum atomic E-state index is -2.89. The second-order valence-corrected chi connectivity index (χ2v) is 33.3. The van der Waals surface area contributed by atoms with Crippen molar-refractivity contribution in [2.75, 3.05) is 13.2 Å². The van der Waals surface area contributed by atoms with Gasteiger partial charge in [-0.1, -0.05) is 135 Å². The molecule has 4 heterocycles. The predicted octanol–water partition coefficient (Wildman–Crippen LogP) is 6.86. The molecule has 4 aliphatic heterocycles. The molecule has 0 aromatic heterocycles. The highest BCUT2D eigenvalue weighted by Gasteiger charge is 2.63. The Kier molecular flexibility index (Phi) is 15.6. The van der Waals surface area contributed by atoms with Gasteiger partial charge in [0, 0.05) is 0 Å². The molecule has 8 atom stereocenters. The van der Waals surface area contributed by atoms with E-state index in [1.165, 1.54) is 10.4 Å². The first-order valence-corrected chi connectivity index (χ1v) is 29.7. The molecule has 338 valence electrons. The first kappa shape index (κ1) is 49.8. The minimum absolute atomic E-state index is 0.121. The van der Waals surface area contributed by atoms with Gasteiger partial charge in [-0.3, -0.25) is 0 Å². The van der Waals surface area contributed by atoms with Gasteiger partial charge in [-0.25, -0.2) is 0 Å². The van der Waals surface area contributed by atoms with E-state index in [2.05, 4.69) is 134 Å². The molecule has 2 aromatic carbocycles. The summed E-state index contributed by atoms with van der Waals surface area (Å²) in [7, 11) is -6.42. The number of rotatable bonds is 12. The fourth-order valence-electron chi connectivity index (χ4n) is 9.23. The van der Waals surface area contributed by atoms with Crippen LogP contribution in [0, 0.1) is 22.9 Å². The summed E-state index contributed by atoms with van der Waals surface area (Å²) in [5, 5.41) is 34.3. The average Bonchev–Trinajstić information content (AvgIpc) is 3.89. The predicted molar refractivity (Wildman–Crippen MR) is 248 cm³/mol. The third kappa shape index (κ3) is 9.91. The number of aliphatic hydroxyl groups excluding tert-OH is 3. The van der Waals surface area contributed by atoms with E-state index in [0.717, 1.165) is 36.3 Å². The molecule has 61 heavy (non-hydrogen) atoms. The Morgan fingerprint density at radius 3 is 1.28 bits per heavy atom. The molecule has 4 fully saturated rings. The van der Waals surface area contributed by atoms with Crippen LogP contribution in [-0.2, 0) is 32.8 Å². The molecule has 2 unspecified atom stereocenters. The number of fused-ring (bicyclic) bond motifs is 2. The van der Waals surface area contributed by atoms with Gasteiger partial charge in [-0.05, 0) is 79.4 Å². The molecule has 0 saturated carbocycles. The maximum absolute atomic E-state index is 11.8. The summed E-state index contributed by atoms with van der Waals surface area (Å²) < 4.78 is 43.2. The quantitative estimate of drug-likeness (QED) is 0.154. The van der Waals surface area contributed by atoms with Crippen molar-refractivity contribution in [3.05, 3.63) is 60.7 Å². The molecule has 4 saturated heterocycles. The number of ether oxygens (including phenoxy) is 6. The van der Waals surface area contributed by atoms with Crippen LogP contribution in [-0.4, -0.2) is 113 Å². The summed E-state index contributed by atoms with van der Waals surface area (Å²) in [6.07, 6.45) is -4.66. The van der Waals surface area contributed by atoms with Crippen molar-refractivity contribution in [1.82, 2.24) is 0 Å². The van der Waals surface area contributed by atoms with Crippen molar-refractivity contribution in [1.29, 1.82) is 0 Å². The Labute approximate surface area is 369 Å². The molecule has 0 bridgehead atoms. The number of aliphatic hydroxyl groups is 3. The van der Waals surface area contributed by atoms with Crippen molar-refractivity contribution in [2.24, 2.45) is 0 Å². The standard InChI is InChI=1S/C32H46O5Si2.C16H28O5Si/c1-9-38(10-2,11-3)23-22-32(28(33)27-29(37-32)36-31(7,8)35-27)24-34-39(30(4,5)6,25-18-14-12-15-19-25)26-20-16-13-17-21-26;1-6-22(7-2,8-3)10-9-16(11-17)13(18)12-14(21-16)20-15(4,5)19-12/h12-21,27-29,33H,9-11,24H2,1-8H3;12-14,17-18H,6-8,11H2,1-5H3/t27?,28-,29+,32+;12?,13-,14+,16+/m00/s1. The Bertz CT molecular complexity index is 1820. The largest absolute Gasteiger partial charge is 0.403 e. The van der Waals surface area contributed by atoms with Crippen molar-refractivity contribution in [3.8, 4) is 22.9 Å². The Morgan fingerprint density at radius 2 is 0.934 bits per heavy atom. The van der Waals surface area contributed by atoms with Gasteiger partial charge in [-0.15, -0.1) is 11.1 Å². The lowest BCUT2D eigenvalue weighted by Gasteiger charge is -2.44. The van der Waals surface area contributed by atoms with E-state index in [0.29, 0.717) is 0 Å². The van der Waals surface area contributed by atoms with Gasteiger partial charge in [-0.2, -0.15) is 0 Å². The third-order valence-corrected chi connectivity index (χ3v) is 28.1. The average molecular weight is 895 g/mol. The summed E-state index contributed by atoms with van der Waals surface area (Å²) in [5.41, 5.74) is 4.52. The second-order valence-electron chi connectivity index (χ2n) is 19.1. The normalized spacial score (nSPS) is 30.3. The summed E-state index contributed by atoms with van der Waals surface area (Å²) in [5.74, 6) is 4.95. The molecule has 6 rings (SSSR count). The van der Waals surface area contributed by atoms with Gasteiger partial charge in [0.05, 0.1) is 13.2 Å². The monoisotopic (exact) mass is 894 g/mol. The molecule has 0 radical (unpaired) electrons. The lowest BCUT2D eigenvalue weighted by molar-refractivity contribution is -0.232. The van der Waals surface area contributed by atoms with Crippen LogP contribution in [0.2, 0.25) is 41.3 Å². The minimum Gasteiger partial charge on any atom is -0.403 e. The summed E-state index contributed by atoms with van der Waals surface area (Å²) in [6, 6.07) is 27.4. The molecular weight excluding hydrogens is 821 g/mol. The van der Waals surface area contributed by atoms with E-state index < -0.39 is 84.2 Å². The van der Waals surface area contributed by atoms with Crippen molar-refractivity contribution in [3.63, 3.8) is 0 Å². The van der Waals surface area contributed by atoms with E-state index in [1.807, 2.05) is 26.0 Å². The molecule has 4 aliphatic rings.